The molecule has 16 heavy (non-hydrogen) atoms. The Balaban J connectivity index is 2.77. The number of benzene rings is 1. The third kappa shape index (κ3) is 3.34. The summed E-state index contributed by atoms with van der Waals surface area (Å²) in [5.41, 5.74) is 5.76. The summed E-state index contributed by atoms with van der Waals surface area (Å²) in [7, 11) is 0. The van der Waals surface area contributed by atoms with Gasteiger partial charge in [-0.25, -0.2) is 4.39 Å². The molecule has 1 unspecified atom stereocenters. The molecule has 0 radical (unpaired) electrons. The van der Waals surface area contributed by atoms with Crippen molar-refractivity contribution in [3.63, 3.8) is 0 Å². The van der Waals surface area contributed by atoms with E-state index in [1.807, 2.05) is 0 Å². The Kier molecular flexibility index (Phi) is 4.48. The number of Topliss-reactive ketones (excluding diaryl/α,β-unsaturated/α-hetero) is 1. The summed E-state index contributed by atoms with van der Waals surface area (Å²) in [6.07, 6.45) is 5.10. The van der Waals surface area contributed by atoms with Gasteiger partial charge in [0.2, 0.25) is 0 Å². The van der Waals surface area contributed by atoms with Gasteiger partial charge < -0.3 is 5.73 Å². The number of rotatable bonds is 4. The highest BCUT2D eigenvalue weighted by Crippen LogP contribution is 2.16. The molecule has 0 spiro atoms. The van der Waals surface area contributed by atoms with Gasteiger partial charge in [0.05, 0.1) is 6.04 Å². The molecule has 0 aromatic heterocycles. The zero-order chi connectivity index (χ0) is 12.1. The molecule has 1 atom stereocenters. The van der Waals surface area contributed by atoms with Crippen LogP contribution in [0.2, 0.25) is 5.02 Å². The van der Waals surface area contributed by atoms with E-state index in [1.54, 1.807) is 0 Å². The highest BCUT2D eigenvalue weighted by molar-refractivity contribution is 6.30. The molecule has 1 aromatic carbocycles. The first-order chi connectivity index (χ1) is 7.54. The molecule has 4 heteroatoms. The maximum absolute atomic E-state index is 13.3. The third-order valence-corrected chi connectivity index (χ3v) is 2.36. The van der Waals surface area contributed by atoms with E-state index in [0.717, 1.165) is 0 Å². The first-order valence-electron chi connectivity index (χ1n) is 4.70. The predicted octanol–water partition coefficient (Wildman–Crippen LogP) is 1.94. The summed E-state index contributed by atoms with van der Waals surface area (Å²) in [4.78, 5) is 11.5. The Morgan fingerprint density at radius 2 is 2.31 bits per heavy atom. The molecule has 0 aliphatic carbocycles. The minimum Gasteiger partial charge on any atom is -0.321 e. The Labute approximate surface area is 98.6 Å². The van der Waals surface area contributed by atoms with Crippen LogP contribution < -0.4 is 5.73 Å². The number of ketones is 1. The molecule has 0 heterocycles. The maximum atomic E-state index is 13.3. The summed E-state index contributed by atoms with van der Waals surface area (Å²) in [5, 5.41) is 0.384. The van der Waals surface area contributed by atoms with Crippen molar-refractivity contribution >= 4 is 17.4 Å². The first kappa shape index (κ1) is 12.7. The molecular formula is C12H11ClFNO. The zero-order valence-electron chi connectivity index (χ0n) is 8.54. The van der Waals surface area contributed by atoms with Gasteiger partial charge in [-0.3, -0.25) is 4.79 Å². The minimum absolute atomic E-state index is 0.0881. The van der Waals surface area contributed by atoms with E-state index < -0.39 is 11.9 Å². The van der Waals surface area contributed by atoms with Crippen molar-refractivity contribution in [3.8, 4) is 12.3 Å². The summed E-state index contributed by atoms with van der Waals surface area (Å²) < 4.78 is 13.3. The van der Waals surface area contributed by atoms with Crippen molar-refractivity contribution < 1.29 is 9.18 Å². The summed E-state index contributed by atoms with van der Waals surface area (Å²) >= 11 is 5.70. The lowest BCUT2D eigenvalue weighted by molar-refractivity contribution is -0.119. The van der Waals surface area contributed by atoms with Crippen LogP contribution in [0.15, 0.2) is 18.2 Å². The van der Waals surface area contributed by atoms with Crippen LogP contribution >= 0.6 is 11.6 Å². The van der Waals surface area contributed by atoms with Crippen LogP contribution in [-0.2, 0) is 11.2 Å². The van der Waals surface area contributed by atoms with Crippen molar-refractivity contribution in [2.45, 2.75) is 18.9 Å². The van der Waals surface area contributed by atoms with E-state index in [0.29, 0.717) is 5.02 Å². The van der Waals surface area contributed by atoms with Crippen LogP contribution in [0.25, 0.3) is 0 Å². The van der Waals surface area contributed by atoms with E-state index in [1.165, 1.54) is 18.2 Å². The molecule has 1 rings (SSSR count). The third-order valence-electron chi connectivity index (χ3n) is 2.12. The Morgan fingerprint density at radius 1 is 1.62 bits per heavy atom. The number of carbonyl (C=O) groups excluding carboxylic acids is 1. The highest BCUT2D eigenvalue weighted by atomic mass is 35.5. The van der Waals surface area contributed by atoms with Gasteiger partial charge in [-0.15, -0.1) is 12.3 Å². The molecule has 1 aromatic rings. The molecule has 0 fully saturated rings. The van der Waals surface area contributed by atoms with Crippen LogP contribution in [0.5, 0.6) is 0 Å². The van der Waals surface area contributed by atoms with Crippen molar-refractivity contribution in [1.29, 1.82) is 0 Å². The maximum Gasteiger partial charge on any atom is 0.154 e. The lowest BCUT2D eigenvalue weighted by Crippen LogP contribution is -2.31. The largest absolute Gasteiger partial charge is 0.321 e. The second kappa shape index (κ2) is 5.64. The van der Waals surface area contributed by atoms with Gasteiger partial charge in [0.1, 0.15) is 5.82 Å². The van der Waals surface area contributed by atoms with Gasteiger partial charge in [0.15, 0.2) is 5.78 Å². The fraction of sp³-hybridized carbons (Fsp3) is 0.250. The molecule has 0 amide bonds. The number of hydrogen-bond acceptors (Lipinski definition) is 2. The number of terminal acetylenes is 1. The second-order valence-electron chi connectivity index (χ2n) is 3.39. The molecule has 0 bridgehead atoms. The quantitative estimate of drug-likeness (QED) is 0.816. The van der Waals surface area contributed by atoms with Gasteiger partial charge in [0, 0.05) is 17.9 Å². The number of halogens is 2. The Hall–Kier alpha value is -1.37. The molecule has 84 valence electrons. The molecule has 0 saturated heterocycles. The molecule has 0 aliphatic rings. The average Bonchev–Trinajstić information content (AvgIpc) is 2.23. The van der Waals surface area contributed by atoms with Crippen LogP contribution in [-0.4, -0.2) is 11.8 Å². The standard InChI is InChI=1S/C12H11ClFNO/c1-2-3-11(15)12(16)7-8-6-9(13)4-5-10(8)14/h1,4-6,11H,3,7,15H2. The molecular weight excluding hydrogens is 229 g/mol. The van der Waals surface area contributed by atoms with Crippen molar-refractivity contribution in [2.75, 3.05) is 0 Å². The summed E-state index contributed by atoms with van der Waals surface area (Å²) in [6.45, 7) is 0. The first-order valence-corrected chi connectivity index (χ1v) is 5.08. The second-order valence-corrected chi connectivity index (χ2v) is 3.83. The number of carbonyl (C=O) groups is 1. The van der Waals surface area contributed by atoms with E-state index >= 15 is 0 Å². The fourth-order valence-electron chi connectivity index (χ4n) is 1.24. The van der Waals surface area contributed by atoms with Gasteiger partial charge in [-0.05, 0) is 23.8 Å². The van der Waals surface area contributed by atoms with Crippen molar-refractivity contribution in [3.05, 3.63) is 34.6 Å². The predicted molar refractivity (Wildman–Crippen MR) is 61.5 cm³/mol. The smallest absolute Gasteiger partial charge is 0.154 e. The van der Waals surface area contributed by atoms with Gasteiger partial charge in [-0.1, -0.05) is 11.6 Å². The highest BCUT2D eigenvalue weighted by Gasteiger charge is 2.15. The van der Waals surface area contributed by atoms with Crippen molar-refractivity contribution in [1.82, 2.24) is 0 Å². The van der Waals surface area contributed by atoms with Crippen LogP contribution in [0.4, 0.5) is 4.39 Å². The fourth-order valence-corrected chi connectivity index (χ4v) is 1.43. The van der Waals surface area contributed by atoms with Gasteiger partial charge >= 0.3 is 0 Å². The van der Waals surface area contributed by atoms with Gasteiger partial charge in [0.25, 0.3) is 0 Å². The average molecular weight is 240 g/mol. The Morgan fingerprint density at radius 3 is 2.94 bits per heavy atom. The van der Waals surface area contributed by atoms with E-state index in [-0.39, 0.29) is 24.2 Å². The van der Waals surface area contributed by atoms with Gasteiger partial charge in [-0.2, -0.15) is 0 Å². The monoisotopic (exact) mass is 239 g/mol. The van der Waals surface area contributed by atoms with Crippen LogP contribution in [0, 0.1) is 18.2 Å². The van der Waals surface area contributed by atoms with Crippen LogP contribution in [0.3, 0.4) is 0 Å². The van der Waals surface area contributed by atoms with Crippen molar-refractivity contribution in [2.24, 2.45) is 5.73 Å². The normalized spacial score (nSPS) is 11.9. The molecule has 2 nitrogen and oxygen atoms in total. The molecule has 0 aliphatic heterocycles. The van der Waals surface area contributed by atoms with E-state index in [9.17, 15) is 9.18 Å². The number of nitrogens with two attached hydrogens (primary N) is 1. The summed E-state index contributed by atoms with van der Waals surface area (Å²) in [6, 6.07) is 3.31. The topological polar surface area (TPSA) is 43.1 Å². The molecule has 2 N–H and O–H groups in total. The zero-order valence-corrected chi connectivity index (χ0v) is 9.30. The summed E-state index contributed by atoms with van der Waals surface area (Å²) in [5.74, 6) is 1.54. The van der Waals surface area contributed by atoms with E-state index in [4.69, 9.17) is 23.8 Å². The SMILES string of the molecule is C#CCC(N)C(=O)Cc1cc(Cl)ccc1F. The lowest BCUT2D eigenvalue weighted by atomic mass is 10.0. The van der Waals surface area contributed by atoms with Crippen LogP contribution in [0.1, 0.15) is 12.0 Å². The lowest BCUT2D eigenvalue weighted by Gasteiger charge is -2.08. The minimum atomic E-state index is -0.747. The number of hydrogen-bond donors (Lipinski definition) is 1. The molecule has 0 saturated carbocycles. The van der Waals surface area contributed by atoms with E-state index in [2.05, 4.69) is 5.92 Å². The Bertz CT molecular complexity index is 439.